The van der Waals surface area contributed by atoms with Crippen molar-refractivity contribution in [3.63, 3.8) is 0 Å². The summed E-state index contributed by atoms with van der Waals surface area (Å²) in [6, 6.07) is 6.36. The van der Waals surface area contributed by atoms with Crippen LogP contribution in [-0.2, 0) is 4.43 Å². The van der Waals surface area contributed by atoms with Gasteiger partial charge in [0.05, 0.1) is 5.38 Å². The molecule has 0 aliphatic heterocycles. The van der Waals surface area contributed by atoms with E-state index in [-0.39, 0.29) is 16.2 Å². The van der Waals surface area contributed by atoms with Crippen molar-refractivity contribution in [3.8, 4) is 0 Å². The van der Waals surface area contributed by atoms with E-state index in [0.29, 0.717) is 6.61 Å². The summed E-state index contributed by atoms with van der Waals surface area (Å²) in [4.78, 5) is 0. The molecule has 0 aliphatic rings. The molecule has 1 nitrogen and oxygen atoms in total. The van der Waals surface area contributed by atoms with Crippen LogP contribution in [0.25, 0.3) is 0 Å². The fraction of sp³-hybridized carbons (Fsp3) is 0.600. The zero-order chi connectivity index (χ0) is 14.7. The SMILES string of the molecule is CC(C)(C)[Si](C)(C)OCC[C@H](Cl)c1ccc(F)cc1. The molecule has 0 bridgehead atoms. The minimum absolute atomic E-state index is 0.120. The van der Waals surface area contributed by atoms with Crippen molar-refractivity contribution in [3.05, 3.63) is 35.6 Å². The average Bonchev–Trinajstić information content (AvgIpc) is 2.28. The van der Waals surface area contributed by atoms with E-state index in [1.807, 2.05) is 0 Å². The van der Waals surface area contributed by atoms with Crippen LogP contribution in [0.3, 0.4) is 0 Å². The van der Waals surface area contributed by atoms with Gasteiger partial charge in [0.15, 0.2) is 8.32 Å². The molecule has 0 saturated heterocycles. The standard InChI is InChI=1S/C15H24ClFOSi/c1-15(2,3)19(4,5)18-11-10-14(16)12-6-8-13(17)9-7-12/h6-9,14H,10-11H2,1-5H3/t14-/m0/s1. The summed E-state index contributed by atoms with van der Waals surface area (Å²) in [5, 5.41) is 0.0930. The highest BCUT2D eigenvalue weighted by Crippen LogP contribution is 2.37. The number of rotatable bonds is 5. The van der Waals surface area contributed by atoms with Gasteiger partial charge in [-0.3, -0.25) is 0 Å². The number of hydrogen-bond donors (Lipinski definition) is 0. The lowest BCUT2D eigenvalue weighted by Gasteiger charge is -2.36. The molecule has 0 N–H and O–H groups in total. The average molecular weight is 303 g/mol. The van der Waals surface area contributed by atoms with Gasteiger partial charge in [0.2, 0.25) is 0 Å². The van der Waals surface area contributed by atoms with Gasteiger partial charge in [0.1, 0.15) is 5.82 Å². The Kier molecular flexibility index (Phi) is 5.60. The van der Waals surface area contributed by atoms with Crippen LogP contribution < -0.4 is 0 Å². The van der Waals surface area contributed by atoms with Crippen molar-refractivity contribution in [2.24, 2.45) is 0 Å². The molecule has 1 aromatic carbocycles. The Labute approximate surface area is 122 Å². The smallest absolute Gasteiger partial charge is 0.191 e. The first kappa shape index (κ1) is 16.7. The Balaban J connectivity index is 2.47. The van der Waals surface area contributed by atoms with Crippen molar-refractivity contribution < 1.29 is 8.82 Å². The van der Waals surface area contributed by atoms with E-state index < -0.39 is 8.32 Å². The zero-order valence-electron chi connectivity index (χ0n) is 12.5. The molecule has 0 aromatic heterocycles. The molecule has 0 unspecified atom stereocenters. The van der Waals surface area contributed by atoms with Crippen LogP contribution in [-0.4, -0.2) is 14.9 Å². The Morgan fingerprint density at radius 1 is 1.21 bits per heavy atom. The second-order valence-electron chi connectivity index (χ2n) is 6.42. The Hall–Kier alpha value is -0.383. The Morgan fingerprint density at radius 2 is 1.74 bits per heavy atom. The van der Waals surface area contributed by atoms with Gasteiger partial charge in [0.25, 0.3) is 0 Å². The fourth-order valence-electron chi connectivity index (χ4n) is 1.47. The van der Waals surface area contributed by atoms with E-state index in [1.165, 1.54) is 12.1 Å². The van der Waals surface area contributed by atoms with Crippen LogP contribution in [0.4, 0.5) is 4.39 Å². The van der Waals surface area contributed by atoms with Crippen LogP contribution in [0.15, 0.2) is 24.3 Å². The van der Waals surface area contributed by atoms with E-state index in [1.54, 1.807) is 12.1 Å². The van der Waals surface area contributed by atoms with Gasteiger partial charge in [-0.1, -0.05) is 32.9 Å². The van der Waals surface area contributed by atoms with Crippen LogP contribution in [0.5, 0.6) is 0 Å². The van der Waals surface area contributed by atoms with Crippen molar-refractivity contribution in [1.82, 2.24) is 0 Å². The topological polar surface area (TPSA) is 9.23 Å². The molecular weight excluding hydrogens is 279 g/mol. The number of hydrogen-bond acceptors (Lipinski definition) is 1. The molecule has 0 heterocycles. The Morgan fingerprint density at radius 3 is 2.21 bits per heavy atom. The van der Waals surface area contributed by atoms with Gasteiger partial charge < -0.3 is 4.43 Å². The van der Waals surface area contributed by atoms with Gasteiger partial charge in [0, 0.05) is 6.61 Å². The van der Waals surface area contributed by atoms with Crippen LogP contribution in [0.1, 0.15) is 38.1 Å². The summed E-state index contributed by atoms with van der Waals surface area (Å²) in [5.74, 6) is -0.231. The summed E-state index contributed by atoms with van der Waals surface area (Å²) in [5.41, 5.74) is 0.946. The van der Waals surface area contributed by atoms with Crippen LogP contribution >= 0.6 is 11.6 Å². The number of benzene rings is 1. The highest BCUT2D eigenvalue weighted by Gasteiger charge is 2.36. The molecule has 108 valence electrons. The summed E-state index contributed by atoms with van der Waals surface area (Å²) in [6.45, 7) is 11.8. The van der Waals surface area contributed by atoms with E-state index in [2.05, 4.69) is 33.9 Å². The molecule has 0 fully saturated rings. The first-order chi connectivity index (χ1) is 8.63. The lowest BCUT2D eigenvalue weighted by atomic mass is 10.1. The van der Waals surface area contributed by atoms with E-state index >= 15 is 0 Å². The lowest BCUT2D eigenvalue weighted by molar-refractivity contribution is 0.281. The molecule has 0 aliphatic carbocycles. The molecule has 19 heavy (non-hydrogen) atoms. The van der Waals surface area contributed by atoms with Crippen molar-refractivity contribution in [1.29, 1.82) is 0 Å². The first-order valence-corrected chi connectivity index (χ1v) is 10.0. The van der Waals surface area contributed by atoms with Gasteiger partial charge in [-0.15, -0.1) is 11.6 Å². The van der Waals surface area contributed by atoms with Crippen molar-refractivity contribution in [2.75, 3.05) is 6.61 Å². The Bertz CT molecular complexity index is 398. The first-order valence-electron chi connectivity index (χ1n) is 6.67. The second-order valence-corrected chi connectivity index (χ2v) is 11.8. The summed E-state index contributed by atoms with van der Waals surface area (Å²) in [7, 11) is -1.70. The molecule has 1 rings (SSSR count). The zero-order valence-corrected chi connectivity index (χ0v) is 14.2. The molecule has 0 saturated carbocycles. The lowest BCUT2D eigenvalue weighted by Crippen LogP contribution is -2.41. The van der Waals surface area contributed by atoms with E-state index in [0.717, 1.165) is 12.0 Å². The van der Waals surface area contributed by atoms with E-state index in [4.69, 9.17) is 16.0 Å². The fourth-order valence-corrected chi connectivity index (χ4v) is 2.77. The molecule has 0 radical (unpaired) electrons. The van der Waals surface area contributed by atoms with Crippen LogP contribution in [0.2, 0.25) is 18.1 Å². The minimum atomic E-state index is -1.70. The number of halogens is 2. The van der Waals surface area contributed by atoms with Gasteiger partial charge in [-0.05, 0) is 42.2 Å². The molecule has 4 heteroatoms. The maximum absolute atomic E-state index is 12.8. The highest BCUT2D eigenvalue weighted by molar-refractivity contribution is 6.74. The summed E-state index contributed by atoms with van der Waals surface area (Å²) < 4.78 is 18.9. The van der Waals surface area contributed by atoms with E-state index in [9.17, 15) is 4.39 Å². The minimum Gasteiger partial charge on any atom is -0.417 e. The largest absolute Gasteiger partial charge is 0.417 e. The summed E-state index contributed by atoms with van der Waals surface area (Å²) >= 11 is 6.31. The third-order valence-electron chi connectivity index (χ3n) is 3.87. The maximum atomic E-state index is 12.8. The van der Waals surface area contributed by atoms with Crippen LogP contribution in [0, 0.1) is 5.82 Å². The second kappa shape index (κ2) is 6.38. The third kappa shape index (κ3) is 4.90. The molecule has 1 atom stereocenters. The van der Waals surface area contributed by atoms with Gasteiger partial charge in [-0.25, -0.2) is 4.39 Å². The predicted molar refractivity (Wildman–Crippen MR) is 82.8 cm³/mol. The maximum Gasteiger partial charge on any atom is 0.191 e. The third-order valence-corrected chi connectivity index (χ3v) is 8.88. The monoisotopic (exact) mass is 302 g/mol. The normalized spacial score (nSPS) is 14.5. The molecule has 0 amide bonds. The molecule has 0 spiro atoms. The molecular formula is C15H24ClFOSi. The number of alkyl halides is 1. The van der Waals surface area contributed by atoms with Crippen molar-refractivity contribution >= 4 is 19.9 Å². The predicted octanol–water partition coefficient (Wildman–Crippen LogP) is 5.52. The van der Waals surface area contributed by atoms with Gasteiger partial charge in [-0.2, -0.15) is 0 Å². The quantitative estimate of drug-likeness (QED) is 0.514. The van der Waals surface area contributed by atoms with Gasteiger partial charge >= 0.3 is 0 Å². The van der Waals surface area contributed by atoms with Crippen molar-refractivity contribution in [2.45, 2.75) is 50.7 Å². The highest BCUT2D eigenvalue weighted by atomic mass is 35.5. The molecule has 1 aromatic rings. The summed E-state index contributed by atoms with van der Waals surface area (Å²) in [6.07, 6.45) is 0.750.